The Morgan fingerprint density at radius 1 is 0.366 bits per heavy atom. The van der Waals surface area contributed by atoms with Crippen LogP contribution in [0.25, 0.3) is 94.2 Å². The molecule has 686 valence electrons. The second-order valence-corrected chi connectivity index (χ2v) is 44.4. The molecule has 0 saturated heterocycles. The summed E-state index contributed by atoms with van der Waals surface area (Å²) in [5.74, 6) is 2.80. The monoisotopic (exact) mass is 1920 g/mol. The van der Waals surface area contributed by atoms with Crippen molar-refractivity contribution >= 4 is 148 Å². The molecular formula is C110H114N12O4S8. The van der Waals surface area contributed by atoms with E-state index in [2.05, 4.69) is 132 Å². The van der Waals surface area contributed by atoms with E-state index in [4.69, 9.17) is 26.9 Å². The van der Waals surface area contributed by atoms with Crippen LogP contribution >= 0.6 is 79.7 Å². The highest BCUT2D eigenvalue weighted by atomic mass is 32.1. The summed E-state index contributed by atoms with van der Waals surface area (Å²) in [6.45, 7) is 28.6. The lowest BCUT2D eigenvalue weighted by atomic mass is 9.65. The van der Waals surface area contributed by atoms with Gasteiger partial charge in [0, 0.05) is 104 Å². The Hall–Kier alpha value is -10.7. The molecule has 0 spiro atoms. The molecule has 0 amide bonds. The zero-order chi connectivity index (χ0) is 94.8. The predicted molar refractivity (Wildman–Crippen MR) is 552 cm³/mol. The molecule has 134 heavy (non-hydrogen) atoms. The fourth-order valence-corrected chi connectivity index (χ4v) is 30.0. The molecule has 0 radical (unpaired) electrons. The SMILES string of the molecule is CCCCC(CC)COc1cc(/C=C2\C(=O)c3cc(C#N)c(C#N)cc3C2=C(C#N)C#N)sc1-c1cc2c(s1)-c1sc(-c3c4c(c(-c5cc6c(s5)-c5sc(-c7sc(/C=C8\C(=O)c9cc(C#N)c(C#N)cc9C8=C(C#N)C#N)cc7OCC(CC)CCCC)cc5C6(CC(CC)CCCC)CC(CC)CCCC)c5nsnc35)N=S=N4)cc1C2(CC(CC)CCCC)CC(CC)CCCC. The maximum absolute atomic E-state index is 14.9. The Labute approximate surface area is 821 Å². The smallest absolute Gasteiger partial charge is 0.194 e. The van der Waals surface area contributed by atoms with Crippen LogP contribution in [0.1, 0.15) is 349 Å². The zero-order valence-electron chi connectivity index (χ0n) is 78.9. The van der Waals surface area contributed by atoms with Crippen molar-refractivity contribution in [1.82, 2.24) is 8.75 Å². The molecule has 0 N–H and O–H groups in total. The van der Waals surface area contributed by atoms with Crippen LogP contribution in [0.15, 0.2) is 91.7 Å². The maximum Gasteiger partial charge on any atom is 0.194 e. The number of Topliss-reactive ketones (excluding diaryl/α,β-unsaturated/α-hetero) is 2. The van der Waals surface area contributed by atoms with E-state index in [0.29, 0.717) is 70.0 Å². The lowest BCUT2D eigenvalue weighted by Crippen LogP contribution is -2.31. The predicted octanol–water partition coefficient (Wildman–Crippen LogP) is 33.3. The molecule has 15 rings (SSSR count). The van der Waals surface area contributed by atoms with Crippen LogP contribution in [-0.4, -0.2) is 33.5 Å². The molecule has 3 aromatic carbocycles. The van der Waals surface area contributed by atoms with Gasteiger partial charge in [-0.05, 0) is 180 Å². The number of hydrogen-bond donors (Lipinski definition) is 0. The van der Waals surface area contributed by atoms with E-state index in [1.165, 1.54) is 112 Å². The normalized spacial score (nSPS) is 17.1. The summed E-state index contributed by atoms with van der Waals surface area (Å²) in [6.07, 6.45) is 33.1. The van der Waals surface area contributed by atoms with Gasteiger partial charge in [0.2, 0.25) is 0 Å². The van der Waals surface area contributed by atoms with Gasteiger partial charge < -0.3 is 9.47 Å². The molecule has 0 saturated carbocycles. The quantitative estimate of drug-likeness (QED) is 0.0253. The number of carbonyl (C=O) groups is 2. The first kappa shape index (κ1) is 97.9. The second-order valence-electron chi connectivity index (χ2n) is 36.9. The van der Waals surface area contributed by atoms with E-state index in [1.54, 1.807) is 12.2 Å². The highest BCUT2D eigenvalue weighted by molar-refractivity contribution is 7.58. The molecule has 24 heteroatoms. The van der Waals surface area contributed by atoms with Crippen LogP contribution < -0.4 is 9.47 Å². The van der Waals surface area contributed by atoms with Crippen molar-refractivity contribution in [3.8, 4) is 120 Å². The van der Waals surface area contributed by atoms with E-state index in [9.17, 15) is 51.7 Å². The number of rotatable bonds is 44. The Balaban J connectivity index is 0.914. The van der Waals surface area contributed by atoms with Crippen LogP contribution in [0.3, 0.4) is 0 Å². The summed E-state index contributed by atoms with van der Waals surface area (Å²) in [5.41, 5.74) is 10.8. The van der Waals surface area contributed by atoms with Crippen molar-refractivity contribution in [2.75, 3.05) is 13.2 Å². The molecule has 0 fully saturated rings. The van der Waals surface area contributed by atoms with Crippen molar-refractivity contribution in [1.29, 1.82) is 42.1 Å². The number of nitriles is 8. The molecule has 10 aromatic rings. The minimum absolute atomic E-state index is 0.0389. The first-order valence-electron chi connectivity index (χ1n) is 48.4. The lowest BCUT2D eigenvalue weighted by Gasteiger charge is -2.37. The number of aromatic nitrogens is 2. The Morgan fingerprint density at radius 2 is 0.657 bits per heavy atom. The first-order valence-corrected chi connectivity index (χ1v) is 54.8. The third-order valence-electron chi connectivity index (χ3n) is 28.8. The maximum atomic E-state index is 14.9. The molecule has 7 aromatic heterocycles. The van der Waals surface area contributed by atoms with Gasteiger partial charge in [0.1, 0.15) is 93.6 Å². The molecule has 1 aliphatic heterocycles. The van der Waals surface area contributed by atoms with Gasteiger partial charge in [0.25, 0.3) is 0 Å². The number of ether oxygens (including phenoxy) is 2. The average Bonchev–Trinajstić information content (AvgIpc) is 1.53. The second kappa shape index (κ2) is 43.6. The highest BCUT2D eigenvalue weighted by Crippen LogP contribution is 2.68. The van der Waals surface area contributed by atoms with E-state index in [0.717, 1.165) is 243 Å². The molecule has 6 unspecified atom stereocenters. The molecular weight excluding hydrogens is 1810 g/mol. The Kier molecular flexibility index (Phi) is 31.8. The molecule has 6 atom stereocenters. The molecule has 0 bridgehead atoms. The summed E-state index contributed by atoms with van der Waals surface area (Å²) in [7, 11) is 0. The largest absolute Gasteiger partial charge is 0.492 e. The van der Waals surface area contributed by atoms with Crippen LogP contribution in [0.2, 0.25) is 0 Å². The van der Waals surface area contributed by atoms with E-state index < -0.39 is 22.4 Å². The van der Waals surface area contributed by atoms with Crippen molar-refractivity contribution in [2.45, 2.75) is 274 Å². The average molecular weight is 1920 g/mol. The summed E-state index contributed by atoms with van der Waals surface area (Å²) in [4.78, 5) is 42.3. The van der Waals surface area contributed by atoms with Gasteiger partial charge in [-0.2, -0.15) is 59.6 Å². The van der Waals surface area contributed by atoms with E-state index >= 15 is 0 Å². The van der Waals surface area contributed by atoms with Crippen LogP contribution in [0.5, 0.6) is 11.5 Å². The highest BCUT2D eigenvalue weighted by Gasteiger charge is 2.52. The third-order valence-corrected chi connectivity index (χ3v) is 37.3. The fraction of sp³-hybridized carbons (Fsp3) is 0.455. The Morgan fingerprint density at radius 3 is 0.948 bits per heavy atom. The summed E-state index contributed by atoms with van der Waals surface area (Å²) in [5, 5.41) is 83.0. The van der Waals surface area contributed by atoms with Gasteiger partial charge in [-0.1, -0.05) is 224 Å². The summed E-state index contributed by atoms with van der Waals surface area (Å²) >= 11 is 12.8. The van der Waals surface area contributed by atoms with E-state index in [-0.39, 0.29) is 77.9 Å². The first-order chi connectivity index (χ1) is 65.3. The Bertz CT molecular complexity index is 6340. The summed E-state index contributed by atoms with van der Waals surface area (Å²) < 4.78 is 36.0. The van der Waals surface area contributed by atoms with Crippen molar-refractivity contribution in [3.63, 3.8) is 0 Å². The number of thiophene rings is 6. The number of unbranched alkanes of at least 4 members (excludes halogenated alkanes) is 6. The molecule has 16 nitrogen and oxygen atoms in total. The minimum Gasteiger partial charge on any atom is -0.492 e. The molecule has 4 aliphatic carbocycles. The molecule has 5 aliphatic rings. The van der Waals surface area contributed by atoms with Gasteiger partial charge >= 0.3 is 0 Å². The topological polar surface area (TPSA) is 293 Å². The van der Waals surface area contributed by atoms with E-state index in [1.807, 2.05) is 81.8 Å². The van der Waals surface area contributed by atoms with Gasteiger partial charge in [-0.3, -0.25) is 9.59 Å². The van der Waals surface area contributed by atoms with Gasteiger partial charge in [-0.15, -0.1) is 68.0 Å². The molecule has 8 heterocycles. The number of allylic oxidation sites excluding steroid dienone is 6. The van der Waals surface area contributed by atoms with Gasteiger partial charge in [0.15, 0.2) is 11.6 Å². The van der Waals surface area contributed by atoms with Crippen LogP contribution in [0.4, 0.5) is 11.4 Å². The van der Waals surface area contributed by atoms with Gasteiger partial charge in [-0.25, -0.2) is 0 Å². The number of carbonyl (C=O) groups excluding carboxylic acids is 2. The van der Waals surface area contributed by atoms with Crippen molar-refractivity contribution < 1.29 is 19.1 Å². The van der Waals surface area contributed by atoms with Crippen LogP contribution in [0, 0.1) is 126 Å². The standard InChI is InChI=1S/C110H114N12O4S8/c1-13-25-31-63(19-7)49-109(50-64(20-8)32-26-14-2)83-45-89(129-103(83)105-85(109)47-91(131-105)107-87(125-61-67(23-11)35-29-17-5)43-75(127-107)41-81-93(73(57-115)58-116)77-37-69(53-111)71(55-113)39-79(77)101(81)123)95-97-99(121-133-119-97)96(100-98(95)120-134-122-100)90-46-84-104(130-90)106-86(110(84,51-65(21-9)33-27-15-3)52-66(22-10)34-28-16-4)48-92(132-106)108-88(126-62-68(24-12)36-30-18-6)44-76(128-108)42-82-94(74(59-117)60-118)78-38-70(54-112)72(56-114)40-80(78)102(82)124/h37-48,63-68H,13-36,49-52,61-62H2,1-12H3/b81-41-,82-42-. The van der Waals surface area contributed by atoms with Gasteiger partial charge in [0.05, 0.1) is 68.3 Å². The van der Waals surface area contributed by atoms with Crippen molar-refractivity contribution in [3.05, 3.63) is 159 Å². The lowest BCUT2D eigenvalue weighted by molar-refractivity contribution is 0.103. The number of ketones is 2. The fourth-order valence-electron chi connectivity index (χ4n) is 21.2. The summed E-state index contributed by atoms with van der Waals surface area (Å²) in [6, 6.07) is 36.3. The number of hydrogen-bond acceptors (Lipinski definition) is 23. The van der Waals surface area contributed by atoms with Crippen molar-refractivity contribution in [2.24, 2.45) is 44.2 Å². The van der Waals surface area contributed by atoms with Crippen LogP contribution in [-0.2, 0) is 22.2 Å². The number of fused-ring (bicyclic) bond motifs is 10. The minimum atomic E-state index is -0.436. The third kappa shape index (κ3) is 18.6. The zero-order valence-corrected chi connectivity index (χ0v) is 85.4. The number of benzene rings is 3. The number of nitrogens with zero attached hydrogens (tertiary/aromatic N) is 12.